The Hall–Kier alpha value is -1.62. The number of para-hydroxylation sites is 1. The van der Waals surface area contributed by atoms with Gasteiger partial charge in [0.25, 0.3) is 0 Å². The molecule has 2 N–H and O–H groups in total. The van der Waals surface area contributed by atoms with Crippen LogP contribution in [0.3, 0.4) is 0 Å². The maximum Gasteiger partial charge on any atom is 0.220 e. The molecule has 2 rings (SSSR count). The van der Waals surface area contributed by atoms with Crippen molar-refractivity contribution in [2.24, 2.45) is 0 Å². The van der Waals surface area contributed by atoms with Crippen molar-refractivity contribution in [2.75, 3.05) is 13.2 Å². The molecule has 0 spiro atoms. The van der Waals surface area contributed by atoms with Crippen LogP contribution in [0.5, 0.6) is 5.75 Å². The van der Waals surface area contributed by atoms with E-state index in [4.69, 9.17) is 4.74 Å². The summed E-state index contributed by atoms with van der Waals surface area (Å²) in [6, 6.07) is 6.21. The van der Waals surface area contributed by atoms with Crippen molar-refractivity contribution in [2.45, 2.75) is 50.5 Å². The summed E-state index contributed by atoms with van der Waals surface area (Å²) < 4.78 is 18.6. The molecule has 4 nitrogen and oxygen atoms in total. The van der Waals surface area contributed by atoms with Crippen molar-refractivity contribution in [3.05, 3.63) is 30.1 Å². The topological polar surface area (TPSA) is 58.6 Å². The molecule has 0 aliphatic heterocycles. The fourth-order valence-corrected chi connectivity index (χ4v) is 2.71. The standard InChI is InChI=1S/C17H24FNO3/c18-14-7-2-3-8-15(14)22-12-6-9-16(20)19-13-17(21)10-4-1-5-11-17/h2-3,7-8,21H,1,4-6,9-13H2,(H,19,20). The van der Waals surface area contributed by atoms with Crippen molar-refractivity contribution in [3.63, 3.8) is 0 Å². The molecule has 5 heteroatoms. The van der Waals surface area contributed by atoms with E-state index in [1.54, 1.807) is 18.2 Å². The largest absolute Gasteiger partial charge is 0.491 e. The van der Waals surface area contributed by atoms with Crippen LogP contribution in [0.4, 0.5) is 4.39 Å². The van der Waals surface area contributed by atoms with Gasteiger partial charge in [0.1, 0.15) is 0 Å². The lowest BCUT2D eigenvalue weighted by atomic mass is 9.85. The predicted octanol–water partition coefficient (Wildman–Crippen LogP) is 2.80. The molecule has 22 heavy (non-hydrogen) atoms. The second-order valence-electron chi connectivity index (χ2n) is 5.94. The fraction of sp³-hybridized carbons (Fsp3) is 0.588. The van der Waals surface area contributed by atoms with E-state index in [1.807, 2.05) is 0 Å². The van der Waals surface area contributed by atoms with Gasteiger partial charge in [0.15, 0.2) is 11.6 Å². The molecule has 1 aliphatic rings. The highest BCUT2D eigenvalue weighted by Crippen LogP contribution is 2.27. The lowest BCUT2D eigenvalue weighted by Crippen LogP contribution is -2.44. The molecule has 1 amide bonds. The Bertz CT molecular complexity index is 487. The van der Waals surface area contributed by atoms with Crippen LogP contribution in [-0.2, 0) is 4.79 Å². The average molecular weight is 309 g/mol. The number of carbonyl (C=O) groups is 1. The van der Waals surface area contributed by atoms with Crippen LogP contribution in [0.1, 0.15) is 44.9 Å². The second-order valence-corrected chi connectivity index (χ2v) is 5.94. The summed E-state index contributed by atoms with van der Waals surface area (Å²) in [5.41, 5.74) is -0.739. The molecular weight excluding hydrogens is 285 g/mol. The first-order chi connectivity index (χ1) is 10.6. The minimum Gasteiger partial charge on any atom is -0.491 e. The second kappa shape index (κ2) is 8.13. The summed E-state index contributed by atoms with van der Waals surface area (Å²) in [4.78, 5) is 11.8. The first kappa shape index (κ1) is 16.7. The van der Waals surface area contributed by atoms with E-state index in [0.29, 0.717) is 26.0 Å². The summed E-state index contributed by atoms with van der Waals surface area (Å²) in [7, 11) is 0. The zero-order chi connectivity index (χ0) is 15.8. The van der Waals surface area contributed by atoms with Crippen LogP contribution in [0.2, 0.25) is 0 Å². The monoisotopic (exact) mass is 309 g/mol. The number of halogens is 1. The Morgan fingerprint density at radius 2 is 2.00 bits per heavy atom. The molecule has 122 valence electrons. The maximum absolute atomic E-state index is 13.3. The van der Waals surface area contributed by atoms with Gasteiger partial charge < -0.3 is 15.2 Å². The van der Waals surface area contributed by atoms with Crippen molar-refractivity contribution in [1.29, 1.82) is 0 Å². The molecule has 0 bridgehead atoms. The Kier molecular flexibility index (Phi) is 6.19. The predicted molar refractivity (Wildman–Crippen MR) is 82.2 cm³/mol. The van der Waals surface area contributed by atoms with Gasteiger partial charge in [-0.3, -0.25) is 4.79 Å². The molecular formula is C17H24FNO3. The lowest BCUT2D eigenvalue weighted by Gasteiger charge is -2.32. The summed E-state index contributed by atoms with van der Waals surface area (Å²) >= 11 is 0. The zero-order valence-electron chi connectivity index (χ0n) is 12.8. The smallest absolute Gasteiger partial charge is 0.220 e. The van der Waals surface area contributed by atoms with E-state index in [-0.39, 0.29) is 11.7 Å². The van der Waals surface area contributed by atoms with E-state index in [2.05, 4.69) is 5.32 Å². The number of amides is 1. The summed E-state index contributed by atoms with van der Waals surface area (Å²) in [6.07, 6.45) is 5.52. The highest BCUT2D eigenvalue weighted by atomic mass is 19.1. The van der Waals surface area contributed by atoms with Crippen LogP contribution in [-0.4, -0.2) is 29.8 Å². The van der Waals surface area contributed by atoms with Gasteiger partial charge in [-0.2, -0.15) is 0 Å². The lowest BCUT2D eigenvalue weighted by molar-refractivity contribution is -0.123. The number of benzene rings is 1. The first-order valence-electron chi connectivity index (χ1n) is 7.95. The Morgan fingerprint density at radius 1 is 1.27 bits per heavy atom. The van der Waals surface area contributed by atoms with Gasteiger partial charge in [-0.1, -0.05) is 31.4 Å². The van der Waals surface area contributed by atoms with Crippen LogP contribution in [0.25, 0.3) is 0 Å². The van der Waals surface area contributed by atoms with E-state index in [9.17, 15) is 14.3 Å². The minimum atomic E-state index is -0.739. The minimum absolute atomic E-state index is 0.101. The normalized spacial score (nSPS) is 17.0. The van der Waals surface area contributed by atoms with Crippen molar-refractivity contribution in [1.82, 2.24) is 5.32 Å². The number of carbonyl (C=O) groups excluding carboxylic acids is 1. The summed E-state index contributed by atoms with van der Waals surface area (Å²) in [5.74, 6) is -0.290. The van der Waals surface area contributed by atoms with Crippen molar-refractivity contribution >= 4 is 5.91 Å². The Morgan fingerprint density at radius 3 is 2.73 bits per heavy atom. The molecule has 1 aromatic carbocycles. The van der Waals surface area contributed by atoms with E-state index >= 15 is 0 Å². The van der Waals surface area contributed by atoms with Crippen LogP contribution in [0, 0.1) is 5.82 Å². The Balaban J connectivity index is 1.61. The zero-order valence-corrected chi connectivity index (χ0v) is 12.8. The van der Waals surface area contributed by atoms with E-state index in [1.165, 1.54) is 6.07 Å². The first-order valence-corrected chi connectivity index (χ1v) is 7.95. The van der Waals surface area contributed by atoms with Crippen LogP contribution < -0.4 is 10.1 Å². The molecule has 0 radical (unpaired) electrons. The number of ether oxygens (including phenoxy) is 1. The summed E-state index contributed by atoms with van der Waals surface area (Å²) in [5, 5.41) is 13.1. The Labute approximate surface area is 130 Å². The van der Waals surface area contributed by atoms with Gasteiger partial charge in [-0.15, -0.1) is 0 Å². The van der Waals surface area contributed by atoms with Gasteiger partial charge in [0.2, 0.25) is 5.91 Å². The van der Waals surface area contributed by atoms with Gasteiger partial charge >= 0.3 is 0 Å². The fourth-order valence-electron chi connectivity index (χ4n) is 2.71. The van der Waals surface area contributed by atoms with Gasteiger partial charge in [-0.25, -0.2) is 4.39 Å². The highest BCUT2D eigenvalue weighted by Gasteiger charge is 2.29. The molecule has 1 saturated carbocycles. The molecule has 1 aromatic rings. The molecule has 0 saturated heterocycles. The van der Waals surface area contributed by atoms with E-state index < -0.39 is 11.4 Å². The van der Waals surface area contributed by atoms with Gasteiger partial charge in [0.05, 0.1) is 12.2 Å². The van der Waals surface area contributed by atoms with E-state index in [0.717, 1.165) is 32.1 Å². The quantitative estimate of drug-likeness (QED) is 0.762. The van der Waals surface area contributed by atoms with Crippen LogP contribution in [0.15, 0.2) is 24.3 Å². The highest BCUT2D eigenvalue weighted by molar-refractivity contribution is 5.75. The average Bonchev–Trinajstić information content (AvgIpc) is 2.52. The number of rotatable bonds is 7. The summed E-state index contributed by atoms with van der Waals surface area (Å²) in [6.45, 7) is 0.610. The van der Waals surface area contributed by atoms with Crippen molar-refractivity contribution in [3.8, 4) is 5.75 Å². The van der Waals surface area contributed by atoms with Crippen LogP contribution >= 0.6 is 0 Å². The SMILES string of the molecule is O=C(CCCOc1ccccc1F)NCC1(O)CCCCC1. The third kappa shape index (κ3) is 5.30. The molecule has 1 fully saturated rings. The third-order valence-electron chi connectivity index (χ3n) is 4.04. The number of nitrogens with one attached hydrogen (secondary N) is 1. The third-order valence-corrected chi connectivity index (χ3v) is 4.04. The maximum atomic E-state index is 13.3. The number of aliphatic hydroxyl groups is 1. The molecule has 0 aromatic heterocycles. The molecule has 0 atom stereocenters. The molecule has 0 unspecified atom stereocenters. The van der Waals surface area contributed by atoms with Gasteiger partial charge in [0, 0.05) is 13.0 Å². The molecule has 1 aliphatic carbocycles. The number of hydrogen-bond acceptors (Lipinski definition) is 3. The molecule has 0 heterocycles. The number of hydrogen-bond donors (Lipinski definition) is 2. The van der Waals surface area contributed by atoms with Crippen molar-refractivity contribution < 1.29 is 19.0 Å². The van der Waals surface area contributed by atoms with Gasteiger partial charge in [-0.05, 0) is 31.4 Å².